The summed E-state index contributed by atoms with van der Waals surface area (Å²) < 4.78 is 5.59. The first kappa shape index (κ1) is 13.2. The lowest BCUT2D eigenvalue weighted by atomic mass is 10.3. The number of nitrogens with two attached hydrogens (primary N) is 1. The molecule has 1 amide bonds. The van der Waals surface area contributed by atoms with E-state index in [4.69, 9.17) is 22.1 Å². The maximum atomic E-state index is 12.1. The van der Waals surface area contributed by atoms with Gasteiger partial charge in [-0.1, -0.05) is 17.7 Å². The van der Waals surface area contributed by atoms with E-state index in [2.05, 4.69) is 0 Å². The largest absolute Gasteiger partial charge is 0.481 e. The van der Waals surface area contributed by atoms with E-state index in [9.17, 15) is 4.79 Å². The summed E-state index contributed by atoms with van der Waals surface area (Å²) in [6.07, 6.45) is 0.337. The smallest absolute Gasteiger partial charge is 0.263 e. The van der Waals surface area contributed by atoms with Crippen LogP contribution in [-0.2, 0) is 4.79 Å². The Morgan fingerprint density at radius 3 is 3.00 bits per heavy atom. The Morgan fingerprint density at radius 2 is 2.39 bits per heavy atom. The summed E-state index contributed by atoms with van der Waals surface area (Å²) in [5.41, 5.74) is 5.78. The van der Waals surface area contributed by atoms with Crippen molar-refractivity contribution >= 4 is 17.5 Å². The van der Waals surface area contributed by atoms with Crippen LogP contribution in [-0.4, -0.2) is 36.0 Å². The lowest BCUT2D eigenvalue weighted by Crippen LogP contribution is -2.40. The number of hydrogen-bond donors (Lipinski definition) is 1. The fourth-order valence-electron chi connectivity index (χ4n) is 2.04. The summed E-state index contributed by atoms with van der Waals surface area (Å²) in [5, 5.41) is 0.593. The molecule has 0 aromatic heterocycles. The van der Waals surface area contributed by atoms with Crippen LogP contribution in [0.3, 0.4) is 0 Å². The Balaban J connectivity index is 1.95. The minimum Gasteiger partial charge on any atom is -0.481 e. The van der Waals surface area contributed by atoms with Crippen molar-refractivity contribution in [1.29, 1.82) is 0 Å². The SMILES string of the molecule is CC(Oc1cccc(Cl)c1)C(=O)N1CC[C@@H](N)C1. The maximum Gasteiger partial charge on any atom is 0.263 e. The Bertz CT molecular complexity index is 439. The van der Waals surface area contributed by atoms with Gasteiger partial charge in [0.05, 0.1) is 0 Å². The van der Waals surface area contributed by atoms with Crippen molar-refractivity contribution in [3.63, 3.8) is 0 Å². The van der Waals surface area contributed by atoms with Crippen LogP contribution < -0.4 is 10.5 Å². The van der Waals surface area contributed by atoms with Crippen molar-refractivity contribution in [2.75, 3.05) is 13.1 Å². The van der Waals surface area contributed by atoms with E-state index in [-0.39, 0.29) is 11.9 Å². The third kappa shape index (κ3) is 3.15. The second kappa shape index (κ2) is 5.59. The number of benzene rings is 1. The molecule has 1 unspecified atom stereocenters. The molecule has 0 bridgehead atoms. The summed E-state index contributed by atoms with van der Waals surface area (Å²) >= 11 is 5.86. The first-order chi connectivity index (χ1) is 8.56. The molecule has 1 fully saturated rings. The third-order valence-corrected chi connectivity index (χ3v) is 3.23. The van der Waals surface area contributed by atoms with Crippen molar-refractivity contribution in [1.82, 2.24) is 4.90 Å². The first-order valence-corrected chi connectivity index (χ1v) is 6.40. The van der Waals surface area contributed by atoms with Crippen LogP contribution in [0.2, 0.25) is 5.02 Å². The molecule has 2 atom stereocenters. The standard InChI is InChI=1S/C13H17ClN2O2/c1-9(13(17)16-6-5-11(15)8-16)18-12-4-2-3-10(14)7-12/h2-4,7,9,11H,5-6,8,15H2,1H3/t9?,11-/m1/s1. The van der Waals surface area contributed by atoms with Crippen molar-refractivity contribution in [2.45, 2.75) is 25.5 Å². The number of halogens is 1. The van der Waals surface area contributed by atoms with Gasteiger partial charge in [0.1, 0.15) is 5.75 Å². The average molecular weight is 269 g/mol. The van der Waals surface area contributed by atoms with Crippen LogP contribution in [0.25, 0.3) is 0 Å². The van der Waals surface area contributed by atoms with Gasteiger partial charge >= 0.3 is 0 Å². The molecule has 0 aliphatic carbocycles. The number of nitrogens with zero attached hydrogens (tertiary/aromatic N) is 1. The minimum atomic E-state index is -0.520. The van der Waals surface area contributed by atoms with Gasteiger partial charge in [-0.25, -0.2) is 0 Å². The molecule has 18 heavy (non-hydrogen) atoms. The molecule has 5 heteroatoms. The summed E-state index contributed by atoms with van der Waals surface area (Å²) in [4.78, 5) is 13.8. The lowest BCUT2D eigenvalue weighted by molar-refractivity contribution is -0.136. The molecule has 1 aromatic rings. The van der Waals surface area contributed by atoms with E-state index in [0.717, 1.165) is 6.42 Å². The summed E-state index contributed by atoms with van der Waals surface area (Å²) in [6, 6.07) is 7.13. The van der Waals surface area contributed by atoms with E-state index in [1.165, 1.54) is 0 Å². The molecule has 1 aromatic carbocycles. The van der Waals surface area contributed by atoms with Crippen molar-refractivity contribution in [3.8, 4) is 5.75 Å². The second-order valence-electron chi connectivity index (χ2n) is 4.55. The molecule has 4 nitrogen and oxygen atoms in total. The zero-order valence-corrected chi connectivity index (χ0v) is 11.1. The predicted molar refractivity (Wildman–Crippen MR) is 70.7 cm³/mol. The highest BCUT2D eigenvalue weighted by atomic mass is 35.5. The molecule has 1 heterocycles. The fourth-order valence-corrected chi connectivity index (χ4v) is 2.22. The molecule has 1 saturated heterocycles. The van der Waals surface area contributed by atoms with E-state index in [1.807, 2.05) is 0 Å². The second-order valence-corrected chi connectivity index (χ2v) is 4.99. The quantitative estimate of drug-likeness (QED) is 0.907. The number of rotatable bonds is 3. The number of likely N-dealkylation sites (tertiary alicyclic amines) is 1. The summed E-state index contributed by atoms with van der Waals surface area (Å²) in [6.45, 7) is 3.07. The van der Waals surface area contributed by atoms with Gasteiger partial charge in [0.25, 0.3) is 5.91 Å². The monoisotopic (exact) mass is 268 g/mol. The van der Waals surface area contributed by atoms with Gasteiger partial charge in [0, 0.05) is 24.2 Å². The van der Waals surface area contributed by atoms with Gasteiger partial charge in [-0.15, -0.1) is 0 Å². The molecule has 0 spiro atoms. The molecule has 98 valence electrons. The molecule has 2 rings (SSSR count). The minimum absolute atomic E-state index is 0.0251. The highest BCUT2D eigenvalue weighted by Crippen LogP contribution is 2.19. The highest BCUT2D eigenvalue weighted by Gasteiger charge is 2.28. The maximum absolute atomic E-state index is 12.1. The lowest BCUT2D eigenvalue weighted by Gasteiger charge is -2.21. The van der Waals surface area contributed by atoms with Crippen molar-refractivity contribution < 1.29 is 9.53 Å². The van der Waals surface area contributed by atoms with Crippen LogP contribution in [0, 0.1) is 0 Å². The average Bonchev–Trinajstić information content (AvgIpc) is 2.75. The van der Waals surface area contributed by atoms with E-state index < -0.39 is 6.10 Å². The number of carbonyl (C=O) groups is 1. The topological polar surface area (TPSA) is 55.6 Å². The third-order valence-electron chi connectivity index (χ3n) is 2.99. The zero-order chi connectivity index (χ0) is 13.1. The number of amides is 1. The van der Waals surface area contributed by atoms with Crippen molar-refractivity contribution in [2.24, 2.45) is 5.73 Å². The Hall–Kier alpha value is -1.26. The van der Waals surface area contributed by atoms with Gasteiger partial charge < -0.3 is 15.4 Å². The van der Waals surface area contributed by atoms with Crippen LogP contribution in [0.1, 0.15) is 13.3 Å². The van der Waals surface area contributed by atoms with Crippen LogP contribution in [0.4, 0.5) is 0 Å². The van der Waals surface area contributed by atoms with Gasteiger partial charge in [-0.05, 0) is 31.5 Å². The molecule has 0 radical (unpaired) electrons. The summed E-state index contributed by atoms with van der Waals surface area (Å²) in [5.74, 6) is 0.578. The number of ether oxygens (including phenoxy) is 1. The van der Waals surface area contributed by atoms with E-state index in [0.29, 0.717) is 23.9 Å². The van der Waals surface area contributed by atoms with Crippen LogP contribution in [0.5, 0.6) is 5.75 Å². The van der Waals surface area contributed by atoms with Gasteiger partial charge in [-0.2, -0.15) is 0 Å². The molecule has 2 N–H and O–H groups in total. The molecular weight excluding hydrogens is 252 g/mol. The zero-order valence-electron chi connectivity index (χ0n) is 10.3. The molecule has 1 aliphatic heterocycles. The van der Waals surface area contributed by atoms with Gasteiger partial charge in [0.15, 0.2) is 6.10 Å². The van der Waals surface area contributed by atoms with E-state index >= 15 is 0 Å². The number of hydrogen-bond acceptors (Lipinski definition) is 3. The normalized spacial score (nSPS) is 20.8. The molecule has 1 aliphatic rings. The van der Waals surface area contributed by atoms with Crippen molar-refractivity contribution in [3.05, 3.63) is 29.3 Å². The molecule has 0 saturated carbocycles. The van der Waals surface area contributed by atoms with Gasteiger partial charge in [0.2, 0.25) is 0 Å². The van der Waals surface area contributed by atoms with Gasteiger partial charge in [-0.3, -0.25) is 4.79 Å². The van der Waals surface area contributed by atoms with Crippen LogP contribution in [0.15, 0.2) is 24.3 Å². The molecular formula is C13H17ClN2O2. The van der Waals surface area contributed by atoms with Crippen LogP contribution >= 0.6 is 11.6 Å². The predicted octanol–water partition coefficient (Wildman–Crippen LogP) is 1.67. The number of carbonyl (C=O) groups excluding carboxylic acids is 1. The summed E-state index contributed by atoms with van der Waals surface area (Å²) in [7, 11) is 0. The highest BCUT2D eigenvalue weighted by molar-refractivity contribution is 6.30. The Morgan fingerprint density at radius 1 is 1.61 bits per heavy atom. The van der Waals surface area contributed by atoms with E-state index in [1.54, 1.807) is 36.1 Å². The Kier molecular flexibility index (Phi) is 4.09. The fraction of sp³-hybridized carbons (Fsp3) is 0.462. The Labute approximate surface area is 112 Å². The first-order valence-electron chi connectivity index (χ1n) is 6.03.